The zero-order valence-electron chi connectivity index (χ0n) is 19.8. The highest BCUT2D eigenvalue weighted by molar-refractivity contribution is 5.79. The van der Waals surface area contributed by atoms with Crippen molar-refractivity contribution < 1.29 is 23.7 Å². The number of hydrogen-bond donors (Lipinski definition) is 4. The minimum absolute atomic E-state index is 0.433. The molecule has 2 aromatic rings. The Kier molecular flexibility index (Phi) is 12.2. The molecular weight excluding hydrogens is 424 g/mol. The van der Waals surface area contributed by atoms with Gasteiger partial charge >= 0.3 is 0 Å². The lowest BCUT2D eigenvalue weighted by molar-refractivity contribution is -0.119. The summed E-state index contributed by atoms with van der Waals surface area (Å²) >= 11 is 0. The van der Waals surface area contributed by atoms with Crippen LogP contribution in [-0.2, 0) is 4.79 Å². The molecular formula is C24H36N4O5. The van der Waals surface area contributed by atoms with Gasteiger partial charge in [-0.25, -0.2) is 0 Å². The van der Waals surface area contributed by atoms with Crippen LogP contribution in [0.5, 0.6) is 23.0 Å². The number of rotatable bonds is 11. The van der Waals surface area contributed by atoms with Crippen molar-refractivity contribution in [1.29, 1.82) is 0 Å². The van der Waals surface area contributed by atoms with Crippen molar-refractivity contribution in [1.82, 2.24) is 0 Å². The van der Waals surface area contributed by atoms with E-state index in [9.17, 15) is 4.79 Å². The quantitative estimate of drug-likeness (QED) is 0.226. The Morgan fingerprint density at radius 1 is 0.879 bits per heavy atom. The minimum Gasteiger partial charge on any atom is -0.495 e. The van der Waals surface area contributed by atoms with E-state index in [1.54, 1.807) is 28.4 Å². The summed E-state index contributed by atoms with van der Waals surface area (Å²) in [5, 5.41) is 0. The van der Waals surface area contributed by atoms with Gasteiger partial charge in [-0.1, -0.05) is 24.6 Å². The predicted octanol–water partition coefficient (Wildman–Crippen LogP) is 2.40. The van der Waals surface area contributed by atoms with E-state index in [4.69, 9.17) is 41.9 Å². The summed E-state index contributed by atoms with van der Waals surface area (Å²) < 4.78 is 21.2. The number of methoxy groups -OCH3 is 4. The van der Waals surface area contributed by atoms with Crippen molar-refractivity contribution >= 4 is 23.7 Å². The van der Waals surface area contributed by atoms with E-state index in [-0.39, 0.29) is 0 Å². The Hall–Kier alpha value is -3.43. The first-order valence-corrected chi connectivity index (χ1v) is 10.5. The Balaban J connectivity index is 0.000000461. The van der Waals surface area contributed by atoms with Gasteiger partial charge in [0.15, 0.2) is 11.5 Å². The smallest absolute Gasteiger partial charge is 0.234 e. The van der Waals surface area contributed by atoms with E-state index >= 15 is 0 Å². The second-order valence-electron chi connectivity index (χ2n) is 7.09. The number of carbonyl (C=O) groups is 1. The molecule has 0 aliphatic rings. The molecule has 1 atom stereocenters. The molecule has 0 heterocycles. The van der Waals surface area contributed by atoms with Gasteiger partial charge in [0.05, 0.1) is 40.2 Å². The van der Waals surface area contributed by atoms with Gasteiger partial charge in [-0.3, -0.25) is 4.79 Å². The first-order chi connectivity index (χ1) is 15.8. The molecule has 0 radical (unpaired) electrons. The molecule has 0 aliphatic carbocycles. The zero-order chi connectivity index (χ0) is 24.8. The Bertz CT molecular complexity index is 893. The van der Waals surface area contributed by atoms with Crippen LogP contribution < -0.4 is 41.9 Å². The van der Waals surface area contributed by atoms with E-state index in [2.05, 4.69) is 0 Å². The fourth-order valence-electron chi connectivity index (χ4n) is 2.90. The van der Waals surface area contributed by atoms with Gasteiger partial charge in [-0.05, 0) is 54.8 Å². The van der Waals surface area contributed by atoms with Crippen molar-refractivity contribution in [3.8, 4) is 23.0 Å². The van der Waals surface area contributed by atoms with Crippen molar-refractivity contribution in [2.24, 2.45) is 17.2 Å². The highest BCUT2D eigenvalue weighted by atomic mass is 16.5. The molecule has 0 aromatic heterocycles. The third-order valence-corrected chi connectivity index (χ3v) is 4.74. The monoisotopic (exact) mass is 460 g/mol. The maximum absolute atomic E-state index is 10.4. The standard InChI is InChI=1S/C18H21NO4.C6H15N3O/c1-20-15-8-7-12(9-14(15)19)5-6-13-10-16(21-2)18(23-4)17(11-13)22-3;7-4-2-1-3-5(8)6(9)10/h5-11H,19H2,1-4H3;5H,1-4,7-8H2,(H2,9,10)/t;5-/m.1/s1. The van der Waals surface area contributed by atoms with Crippen LogP contribution in [-0.4, -0.2) is 46.9 Å². The van der Waals surface area contributed by atoms with E-state index in [0.29, 0.717) is 41.7 Å². The number of anilines is 1. The highest BCUT2D eigenvalue weighted by Gasteiger charge is 2.12. The van der Waals surface area contributed by atoms with E-state index < -0.39 is 11.9 Å². The fourth-order valence-corrected chi connectivity index (χ4v) is 2.90. The van der Waals surface area contributed by atoms with Gasteiger partial charge in [-0.15, -0.1) is 0 Å². The molecule has 9 heteroatoms. The lowest BCUT2D eigenvalue weighted by Gasteiger charge is -2.12. The molecule has 0 unspecified atom stereocenters. The SMILES string of the molecule is COc1ccc(C=Cc2cc(OC)c(OC)c(OC)c2)cc1N.NCCCC[C@@H](N)C(N)=O. The average molecular weight is 461 g/mol. The van der Waals surface area contributed by atoms with Crippen molar-refractivity contribution in [3.63, 3.8) is 0 Å². The summed E-state index contributed by atoms with van der Waals surface area (Å²) in [6.45, 7) is 0.644. The number of amides is 1. The van der Waals surface area contributed by atoms with Crippen LogP contribution in [0.3, 0.4) is 0 Å². The van der Waals surface area contributed by atoms with Crippen LogP contribution in [0.25, 0.3) is 12.2 Å². The minimum atomic E-state index is -0.494. The predicted molar refractivity (Wildman–Crippen MR) is 133 cm³/mol. The van der Waals surface area contributed by atoms with E-state index in [0.717, 1.165) is 24.0 Å². The van der Waals surface area contributed by atoms with Crippen LogP contribution in [0.1, 0.15) is 30.4 Å². The number of benzene rings is 2. The molecule has 2 aromatic carbocycles. The molecule has 0 fully saturated rings. The van der Waals surface area contributed by atoms with Crippen molar-refractivity contribution in [2.45, 2.75) is 25.3 Å². The van der Waals surface area contributed by atoms with Gasteiger partial charge in [0.25, 0.3) is 0 Å². The molecule has 0 spiro atoms. The summed E-state index contributed by atoms with van der Waals surface area (Å²) in [4.78, 5) is 10.4. The summed E-state index contributed by atoms with van der Waals surface area (Å²) in [7, 11) is 6.36. The number of unbranched alkanes of at least 4 members (excludes halogenated alkanes) is 1. The normalized spacial score (nSPS) is 11.3. The lowest BCUT2D eigenvalue weighted by Crippen LogP contribution is -2.36. The van der Waals surface area contributed by atoms with Gasteiger partial charge in [-0.2, -0.15) is 0 Å². The summed E-state index contributed by atoms with van der Waals surface area (Å²) in [5.41, 5.74) is 23.9. The van der Waals surface area contributed by atoms with Gasteiger partial charge < -0.3 is 41.9 Å². The molecule has 0 saturated heterocycles. The molecule has 1 amide bonds. The van der Waals surface area contributed by atoms with Crippen LogP contribution in [0.15, 0.2) is 30.3 Å². The Morgan fingerprint density at radius 3 is 1.91 bits per heavy atom. The summed E-state index contributed by atoms with van der Waals surface area (Å²) in [6.07, 6.45) is 6.33. The number of nitrogens with two attached hydrogens (primary N) is 4. The third-order valence-electron chi connectivity index (χ3n) is 4.74. The molecule has 33 heavy (non-hydrogen) atoms. The molecule has 0 aliphatic heterocycles. The first kappa shape index (κ1) is 27.6. The van der Waals surface area contributed by atoms with Crippen LogP contribution in [0.2, 0.25) is 0 Å². The fraction of sp³-hybridized carbons (Fsp3) is 0.375. The average Bonchev–Trinajstić information content (AvgIpc) is 2.82. The van der Waals surface area contributed by atoms with Crippen LogP contribution in [0.4, 0.5) is 5.69 Å². The van der Waals surface area contributed by atoms with Crippen LogP contribution >= 0.6 is 0 Å². The van der Waals surface area contributed by atoms with Crippen molar-refractivity contribution in [2.75, 3.05) is 40.7 Å². The second-order valence-corrected chi connectivity index (χ2v) is 7.09. The Morgan fingerprint density at radius 2 is 1.45 bits per heavy atom. The third kappa shape index (κ3) is 8.91. The van der Waals surface area contributed by atoms with Crippen molar-refractivity contribution in [3.05, 3.63) is 41.5 Å². The number of hydrogen-bond acceptors (Lipinski definition) is 8. The number of nitrogen functional groups attached to an aromatic ring is 1. The molecule has 2 rings (SSSR count). The number of primary amides is 1. The molecule has 9 nitrogen and oxygen atoms in total. The van der Waals surface area contributed by atoms with Gasteiger partial charge in [0.1, 0.15) is 5.75 Å². The molecule has 0 bridgehead atoms. The highest BCUT2D eigenvalue weighted by Crippen LogP contribution is 2.38. The van der Waals surface area contributed by atoms with Crippen LogP contribution in [0, 0.1) is 0 Å². The molecule has 8 N–H and O–H groups in total. The Labute approximate surface area is 195 Å². The number of carbonyl (C=O) groups excluding carboxylic acids is 1. The van der Waals surface area contributed by atoms with E-state index in [1.165, 1.54) is 0 Å². The maximum Gasteiger partial charge on any atom is 0.234 e. The second kappa shape index (κ2) is 14.6. The summed E-state index contributed by atoms with van der Waals surface area (Å²) in [6, 6.07) is 8.89. The topological polar surface area (TPSA) is 158 Å². The zero-order valence-corrected chi connectivity index (χ0v) is 19.8. The van der Waals surface area contributed by atoms with Gasteiger partial charge in [0, 0.05) is 0 Å². The maximum atomic E-state index is 10.4. The number of ether oxygens (including phenoxy) is 4. The summed E-state index contributed by atoms with van der Waals surface area (Å²) in [5.74, 6) is 2.02. The molecule has 0 saturated carbocycles. The van der Waals surface area contributed by atoms with E-state index in [1.807, 2.05) is 42.5 Å². The molecule has 182 valence electrons. The largest absolute Gasteiger partial charge is 0.495 e. The lowest BCUT2D eigenvalue weighted by atomic mass is 10.1. The van der Waals surface area contributed by atoms with Gasteiger partial charge in [0.2, 0.25) is 11.7 Å². The first-order valence-electron chi connectivity index (χ1n) is 10.5.